The van der Waals surface area contributed by atoms with Gasteiger partial charge in [0.15, 0.2) is 34.2 Å². The summed E-state index contributed by atoms with van der Waals surface area (Å²) < 4.78 is 58.7. The van der Waals surface area contributed by atoms with Gasteiger partial charge in [0, 0.05) is 144 Å². The number of hydrogen-bond acceptors (Lipinski definition) is 0. The fourth-order valence-corrected chi connectivity index (χ4v) is 13.8. The Bertz CT molecular complexity index is 5140. The average molecular weight is 1360 g/mol. The second-order valence-corrected chi connectivity index (χ2v) is 28.7. The minimum atomic E-state index is -2.07. The molecule has 12 aromatic rings. The molecule has 6 heteroatoms. The molecular weight excluding hydrogens is 1240 g/mol. The van der Waals surface area contributed by atoms with Crippen LogP contribution in [0.4, 0.5) is 0 Å². The van der Waals surface area contributed by atoms with Crippen LogP contribution in [0.5, 0.6) is 0 Å². The fraction of sp³-hybridized carbons (Fsp3) is 0.312. The predicted molar refractivity (Wildman–Crippen MR) is 432 cm³/mol. The first-order valence-corrected chi connectivity index (χ1v) is 35.8. The maximum absolute atomic E-state index is 7.64. The van der Waals surface area contributed by atoms with E-state index in [1.807, 2.05) is 46.1 Å². The molecule has 0 amide bonds. The molecular formula is C96H120N6+6. The van der Waals surface area contributed by atoms with Gasteiger partial charge in [-0.15, -0.1) is 0 Å². The first-order valence-electron chi connectivity index (χ1n) is 38.8. The number of rotatable bonds is 6. The topological polar surface area (TPSA) is 23.3 Å². The van der Waals surface area contributed by atoms with E-state index in [2.05, 4.69) is 340 Å². The Morgan fingerprint density at radius 1 is 0.206 bits per heavy atom. The monoisotopic (exact) mass is 1360 g/mol. The Balaban J connectivity index is 0.000000181. The largest absolute Gasteiger partial charge is 0.215 e. The van der Waals surface area contributed by atoms with Gasteiger partial charge in [0.25, 0.3) is 0 Å². The molecule has 6 aromatic heterocycles. The Labute approximate surface area is 624 Å². The quantitative estimate of drug-likeness (QED) is 0.148. The summed E-state index contributed by atoms with van der Waals surface area (Å²) in [7, 11) is 12.6. The van der Waals surface area contributed by atoms with Gasteiger partial charge in [-0.3, -0.25) is 0 Å². The molecule has 102 heavy (non-hydrogen) atoms. The first kappa shape index (κ1) is 70.6. The van der Waals surface area contributed by atoms with Crippen molar-refractivity contribution in [1.82, 2.24) is 0 Å². The molecule has 6 nitrogen and oxygen atoms in total. The van der Waals surface area contributed by atoms with Crippen LogP contribution in [0.15, 0.2) is 182 Å². The minimum absolute atomic E-state index is 0.394. The lowest BCUT2D eigenvalue weighted by molar-refractivity contribution is -0.667. The van der Waals surface area contributed by atoms with Crippen LogP contribution in [-0.2, 0) is 42.3 Å². The van der Waals surface area contributed by atoms with Gasteiger partial charge in [-0.2, -0.15) is 27.4 Å². The van der Waals surface area contributed by atoms with Crippen molar-refractivity contribution in [3.05, 3.63) is 316 Å². The van der Waals surface area contributed by atoms with Gasteiger partial charge in [-0.05, 0) is 239 Å². The van der Waals surface area contributed by atoms with E-state index in [1.165, 1.54) is 151 Å². The molecule has 0 unspecified atom stereocenters. The number of nitrogens with zero attached hydrogens (tertiary/aromatic N) is 6. The van der Waals surface area contributed by atoms with Crippen molar-refractivity contribution >= 4 is 0 Å². The lowest BCUT2D eigenvalue weighted by Gasteiger charge is -2.11. The van der Waals surface area contributed by atoms with Crippen LogP contribution in [0.3, 0.4) is 0 Å². The van der Waals surface area contributed by atoms with E-state index in [9.17, 15) is 0 Å². The molecule has 0 bridgehead atoms. The van der Waals surface area contributed by atoms with E-state index in [4.69, 9.17) is 8.22 Å². The predicted octanol–water partition coefficient (Wildman–Crippen LogP) is 20.5. The molecule has 0 radical (unpaired) electrons. The van der Waals surface area contributed by atoms with Gasteiger partial charge in [0.2, 0.25) is 34.2 Å². The van der Waals surface area contributed by atoms with Crippen molar-refractivity contribution in [3.63, 3.8) is 0 Å². The zero-order chi connectivity index (χ0) is 80.5. The summed E-state index contributed by atoms with van der Waals surface area (Å²) in [5.41, 5.74) is 43.4. The van der Waals surface area contributed by atoms with Crippen molar-refractivity contribution in [3.8, 4) is 67.5 Å². The highest BCUT2D eigenvalue weighted by molar-refractivity contribution is 5.70. The smallest absolute Gasteiger partial charge is 0.199 e. The maximum atomic E-state index is 7.64. The standard InChI is InChI=1S/6C16H20N/c2*1-11-6-7-15(13(3)8-11)16-10-12(2)9-14(4)17(16)5;2*1-11-9-13(3)17(5)16(10-11)15-8-6-7-12(2)14(15)4;2*1-11-7-6-8-12(2)15(11)16-13(3)9-10-14(4)17(16)5/h6*6-10H,1-5H3/q6*+1/i1D3;;2D3;;;. The number of aryl methyl sites for hydroxylation is 22. The lowest BCUT2D eigenvalue weighted by Crippen LogP contribution is -2.35. The number of pyridine rings is 6. The Morgan fingerprint density at radius 3 is 0.833 bits per heavy atom. The van der Waals surface area contributed by atoms with Gasteiger partial charge in [-0.25, -0.2) is 0 Å². The Kier molecular flexibility index (Phi) is 24.1. The zero-order valence-corrected chi connectivity index (χ0v) is 67.0. The SMILES string of the molecule is Cc1cc(C)[n+](C)c(-c2cccc(C)c2C)c1.Cc1ccc(-c2cc(C)cc(C)[n+]2C)c(C)c1.Cc1cccc(C)c1-c1c(C)ccc(C)[n+]1C.Cc1cccc(C)c1-c1c(C)ccc(C)[n+]1C.[2H]C([2H])([2H])c1ccc(-c2cc(C)cc(C)[n+]2C)c(C)c1.[2H]C([2H])([2H])c1cccc(-c2cc(C)cc(C)[n+]2C)c1C. The van der Waals surface area contributed by atoms with Crippen LogP contribution < -0.4 is 27.4 Å². The molecule has 0 aliphatic carbocycles. The van der Waals surface area contributed by atoms with Crippen LogP contribution >= 0.6 is 0 Å². The van der Waals surface area contributed by atoms with Gasteiger partial charge < -0.3 is 0 Å². The van der Waals surface area contributed by atoms with E-state index in [1.54, 1.807) is 18.2 Å². The van der Waals surface area contributed by atoms with E-state index < -0.39 is 13.7 Å². The second-order valence-electron chi connectivity index (χ2n) is 28.7. The zero-order valence-electron chi connectivity index (χ0n) is 73.0. The molecule has 0 spiro atoms. The van der Waals surface area contributed by atoms with Crippen molar-refractivity contribution in [2.24, 2.45) is 42.3 Å². The summed E-state index contributed by atoms with van der Waals surface area (Å²) in [6.45, 7) is 42.7. The van der Waals surface area contributed by atoms with Gasteiger partial charge in [-0.1, -0.05) is 96.1 Å². The third-order valence-corrected chi connectivity index (χ3v) is 20.5. The molecule has 6 heterocycles. The highest BCUT2D eigenvalue weighted by Gasteiger charge is 2.23. The third kappa shape index (κ3) is 19.0. The summed E-state index contributed by atoms with van der Waals surface area (Å²) in [5.74, 6) is 0. The molecule has 12 rings (SSSR count). The summed E-state index contributed by atoms with van der Waals surface area (Å²) in [4.78, 5) is 0. The second kappa shape index (κ2) is 34.7. The van der Waals surface area contributed by atoms with Crippen LogP contribution in [0.25, 0.3) is 67.5 Å². The summed E-state index contributed by atoms with van der Waals surface area (Å²) >= 11 is 0. The van der Waals surface area contributed by atoms with Gasteiger partial charge >= 0.3 is 0 Å². The van der Waals surface area contributed by atoms with Crippen LogP contribution in [0.2, 0.25) is 0 Å². The third-order valence-electron chi connectivity index (χ3n) is 20.5. The molecule has 0 aliphatic rings. The van der Waals surface area contributed by atoms with Crippen LogP contribution in [-0.4, -0.2) is 0 Å². The number of benzene rings is 6. The molecule has 528 valence electrons. The van der Waals surface area contributed by atoms with Gasteiger partial charge in [0.05, 0.1) is 11.1 Å². The highest BCUT2D eigenvalue weighted by Crippen LogP contribution is 2.31. The summed E-state index contributed by atoms with van der Waals surface area (Å²) in [5, 5.41) is 0. The van der Waals surface area contributed by atoms with Gasteiger partial charge in [0.1, 0.15) is 42.3 Å². The summed E-state index contributed by atoms with van der Waals surface area (Å²) in [6.07, 6.45) is 0. The van der Waals surface area contributed by atoms with E-state index in [0.717, 1.165) is 39.3 Å². The van der Waals surface area contributed by atoms with Crippen molar-refractivity contribution in [2.75, 3.05) is 0 Å². The first-order chi connectivity index (χ1) is 50.4. The van der Waals surface area contributed by atoms with Crippen molar-refractivity contribution < 1.29 is 35.6 Å². The number of aromatic nitrogens is 6. The molecule has 0 fully saturated rings. The molecule has 0 aliphatic heterocycles. The fourth-order valence-electron chi connectivity index (χ4n) is 13.8. The van der Waals surface area contributed by atoms with E-state index >= 15 is 0 Å². The molecule has 0 saturated heterocycles. The van der Waals surface area contributed by atoms with Crippen LogP contribution in [0.1, 0.15) is 143 Å². The Morgan fingerprint density at radius 2 is 0.500 bits per heavy atom. The maximum Gasteiger partial charge on any atom is 0.215 e. The lowest BCUT2D eigenvalue weighted by atomic mass is 9.96. The van der Waals surface area contributed by atoms with E-state index in [0.29, 0.717) is 11.1 Å². The normalized spacial score (nSPS) is 11.8. The molecule has 0 N–H and O–H groups in total. The van der Waals surface area contributed by atoms with Crippen molar-refractivity contribution in [2.45, 2.75) is 166 Å². The average Bonchev–Trinajstić information content (AvgIpc) is 0.803. The minimum Gasteiger partial charge on any atom is -0.199 e. The summed E-state index contributed by atoms with van der Waals surface area (Å²) in [6, 6.07) is 63.2. The molecule has 0 saturated carbocycles. The Hall–Kier alpha value is -9.78. The van der Waals surface area contributed by atoms with E-state index in [-0.39, 0.29) is 0 Å². The number of hydrogen-bond donors (Lipinski definition) is 0. The van der Waals surface area contributed by atoms with Crippen LogP contribution in [0, 0.1) is 166 Å². The molecule has 6 aromatic carbocycles. The van der Waals surface area contributed by atoms with Crippen molar-refractivity contribution in [1.29, 1.82) is 0 Å². The molecule has 0 atom stereocenters. The highest BCUT2D eigenvalue weighted by atomic mass is 15.0.